The van der Waals surface area contributed by atoms with E-state index in [9.17, 15) is 0 Å². The Hall–Kier alpha value is 0.266. The first-order valence-corrected chi connectivity index (χ1v) is 8.08. The molecule has 1 rings (SSSR count). The van der Waals surface area contributed by atoms with Gasteiger partial charge in [0, 0.05) is 0 Å². The van der Waals surface area contributed by atoms with Crippen molar-refractivity contribution in [3.8, 4) is 5.75 Å². The second-order valence-corrected chi connectivity index (χ2v) is 5.20. The fourth-order valence-corrected chi connectivity index (χ4v) is 2.46. The number of benzene rings is 1. The lowest BCUT2D eigenvalue weighted by atomic mass is 10.2. The molecule has 56 valence electrons. The van der Waals surface area contributed by atoms with Gasteiger partial charge in [-0.3, -0.25) is 12.9 Å². The van der Waals surface area contributed by atoms with Gasteiger partial charge in [0.2, 0.25) is 0 Å². The number of rotatable bonds is 2. The SMILES string of the molecule is COc1c[c]([Mg][Br])ccc1C. The molecule has 0 saturated carbocycles. The maximum Gasteiger partial charge on any atom is 0.506 e. The molecule has 0 aliphatic heterocycles. The van der Waals surface area contributed by atoms with Gasteiger partial charge in [-0.05, 0) is 18.6 Å². The molecule has 0 radical (unpaired) electrons. The Kier molecular flexibility index (Phi) is 3.68. The van der Waals surface area contributed by atoms with Gasteiger partial charge in [-0.15, -0.1) is 3.69 Å². The van der Waals surface area contributed by atoms with Crippen molar-refractivity contribution in [3.63, 3.8) is 0 Å². The van der Waals surface area contributed by atoms with Crippen LogP contribution >= 0.6 is 12.9 Å². The monoisotopic (exact) mass is 224 g/mol. The Morgan fingerprint density at radius 3 is 2.73 bits per heavy atom. The average molecular weight is 225 g/mol. The van der Waals surface area contributed by atoms with Crippen molar-refractivity contribution in [2.24, 2.45) is 0 Å². The molecule has 0 heterocycles. The molecule has 0 amide bonds. The third-order valence-corrected chi connectivity index (χ3v) is 4.32. The molecule has 0 atom stereocenters. The molecule has 1 nitrogen and oxygen atoms in total. The molecule has 0 aromatic heterocycles. The number of aryl methyl sites for hydroxylation is 1. The van der Waals surface area contributed by atoms with Gasteiger partial charge in [0.15, 0.2) is 0 Å². The molecule has 3 heteroatoms. The summed E-state index contributed by atoms with van der Waals surface area (Å²) in [6.07, 6.45) is 0. The highest BCUT2D eigenvalue weighted by Crippen LogP contribution is 2.13. The van der Waals surface area contributed by atoms with Crippen LogP contribution in [0.25, 0.3) is 0 Å². The maximum atomic E-state index is 5.19. The molecule has 1 aromatic rings. The first-order valence-electron chi connectivity index (χ1n) is 3.47. The number of ether oxygens (including phenoxy) is 1. The van der Waals surface area contributed by atoms with Crippen molar-refractivity contribution in [2.75, 3.05) is 7.11 Å². The van der Waals surface area contributed by atoms with E-state index in [1.54, 1.807) is 7.11 Å². The molecule has 0 fully saturated rings. The van der Waals surface area contributed by atoms with E-state index in [1.165, 1.54) is 9.26 Å². The van der Waals surface area contributed by atoms with E-state index in [2.05, 4.69) is 38.0 Å². The molecular weight excluding hydrogens is 216 g/mol. The Morgan fingerprint density at radius 2 is 2.18 bits per heavy atom. The second-order valence-electron chi connectivity index (χ2n) is 2.44. The molecule has 1 aromatic carbocycles. The Morgan fingerprint density at radius 1 is 1.45 bits per heavy atom. The summed E-state index contributed by atoms with van der Waals surface area (Å²) in [6.45, 7) is 2.05. The molecule has 0 N–H and O–H groups in total. The molecule has 11 heavy (non-hydrogen) atoms. The van der Waals surface area contributed by atoms with Crippen LogP contribution in [0.1, 0.15) is 5.56 Å². The summed E-state index contributed by atoms with van der Waals surface area (Å²) in [6, 6.07) is 6.36. The third kappa shape index (κ3) is 2.35. The van der Waals surface area contributed by atoms with Crippen LogP contribution in [0.15, 0.2) is 18.2 Å². The van der Waals surface area contributed by atoms with Gasteiger partial charge in [-0.2, -0.15) is 0 Å². The van der Waals surface area contributed by atoms with E-state index >= 15 is 0 Å². The van der Waals surface area contributed by atoms with Gasteiger partial charge in [0.1, 0.15) is 5.75 Å². The standard InChI is InChI=1S/C8H9O.BrH.Mg/c1-7-5-3-4-6-8(7)9-2;;/h3,5-6H,1-2H3;1H;/q;;+1/p-1. The van der Waals surface area contributed by atoms with Crippen molar-refractivity contribution >= 4 is 34.8 Å². The van der Waals surface area contributed by atoms with Gasteiger partial charge in [0.25, 0.3) is 0 Å². The van der Waals surface area contributed by atoms with Gasteiger partial charge in [-0.1, -0.05) is 12.1 Å². The summed E-state index contributed by atoms with van der Waals surface area (Å²) >= 11 is 3.31. The van der Waals surface area contributed by atoms with E-state index in [0.717, 1.165) is 5.75 Å². The van der Waals surface area contributed by atoms with Gasteiger partial charge >= 0.3 is 18.2 Å². The van der Waals surface area contributed by atoms with Crippen LogP contribution in [-0.2, 0) is 0 Å². The lowest BCUT2D eigenvalue weighted by Gasteiger charge is -2.05. The van der Waals surface area contributed by atoms with E-state index in [1.807, 2.05) is 0 Å². The van der Waals surface area contributed by atoms with Crippen molar-refractivity contribution in [2.45, 2.75) is 6.92 Å². The lowest BCUT2D eigenvalue weighted by molar-refractivity contribution is 0.412. The maximum absolute atomic E-state index is 5.19. The third-order valence-electron chi connectivity index (χ3n) is 1.63. The summed E-state index contributed by atoms with van der Waals surface area (Å²) in [4.78, 5) is 0. The van der Waals surface area contributed by atoms with E-state index in [4.69, 9.17) is 4.74 Å². The van der Waals surface area contributed by atoms with E-state index in [0.29, 0.717) is 0 Å². The second kappa shape index (κ2) is 4.33. The van der Waals surface area contributed by atoms with Gasteiger partial charge in [0.05, 0.1) is 7.11 Å². The highest BCUT2D eigenvalue weighted by molar-refractivity contribution is 9.23. The summed E-state index contributed by atoms with van der Waals surface area (Å²) in [7, 11) is 1.71. The van der Waals surface area contributed by atoms with Crippen molar-refractivity contribution in [1.29, 1.82) is 0 Å². The first-order chi connectivity index (χ1) is 5.27. The number of hydrogen-bond donors (Lipinski definition) is 0. The summed E-state index contributed by atoms with van der Waals surface area (Å²) in [5, 5.41) is 0. The Bertz CT molecular complexity index is 250. The quantitative estimate of drug-likeness (QED) is 0.695. The van der Waals surface area contributed by atoms with Crippen LogP contribution in [-0.4, -0.2) is 25.3 Å². The fraction of sp³-hybridized carbons (Fsp3) is 0.250. The normalized spacial score (nSPS) is 9.00. The van der Waals surface area contributed by atoms with Crippen LogP contribution in [0.2, 0.25) is 0 Å². The highest BCUT2D eigenvalue weighted by Gasteiger charge is 1.99. The smallest absolute Gasteiger partial charge is 0.497 e. The van der Waals surface area contributed by atoms with Crippen LogP contribution in [0.3, 0.4) is 0 Å². The molecule has 0 saturated heterocycles. The van der Waals surface area contributed by atoms with Gasteiger partial charge < -0.3 is 4.74 Å². The van der Waals surface area contributed by atoms with Crippen LogP contribution in [0.4, 0.5) is 0 Å². The van der Waals surface area contributed by atoms with Crippen LogP contribution in [0.5, 0.6) is 5.75 Å². The minimum atomic E-state index is -0.223. The topological polar surface area (TPSA) is 9.23 Å². The van der Waals surface area contributed by atoms with E-state index in [-0.39, 0.29) is 18.2 Å². The first kappa shape index (κ1) is 9.35. The van der Waals surface area contributed by atoms with Crippen LogP contribution < -0.4 is 8.43 Å². The molecule has 0 bridgehead atoms. The lowest BCUT2D eigenvalue weighted by Crippen LogP contribution is -2.08. The van der Waals surface area contributed by atoms with Crippen molar-refractivity contribution < 1.29 is 4.74 Å². The largest absolute Gasteiger partial charge is 0.506 e. The summed E-state index contributed by atoms with van der Waals surface area (Å²) < 4.78 is 6.57. The molecule has 0 aliphatic carbocycles. The molecular formula is C8H9BrMgO. The zero-order valence-electron chi connectivity index (χ0n) is 6.73. The average Bonchev–Trinajstić information content (AvgIpc) is 2.05. The van der Waals surface area contributed by atoms with E-state index < -0.39 is 0 Å². The number of hydrogen-bond acceptors (Lipinski definition) is 1. The van der Waals surface area contributed by atoms with Crippen molar-refractivity contribution in [3.05, 3.63) is 23.8 Å². The minimum Gasteiger partial charge on any atom is -0.497 e. The number of halogens is 1. The molecule has 0 aliphatic rings. The summed E-state index contributed by atoms with van der Waals surface area (Å²) in [5.41, 5.74) is 1.20. The summed E-state index contributed by atoms with van der Waals surface area (Å²) in [5.74, 6) is 0.995. The van der Waals surface area contributed by atoms with Crippen molar-refractivity contribution in [1.82, 2.24) is 0 Å². The zero-order chi connectivity index (χ0) is 8.27. The van der Waals surface area contributed by atoms with Gasteiger partial charge in [-0.25, -0.2) is 0 Å². The zero-order valence-corrected chi connectivity index (χ0v) is 9.73. The predicted octanol–water partition coefficient (Wildman–Crippen LogP) is 1.64. The van der Waals surface area contributed by atoms with Crippen LogP contribution in [0, 0.1) is 6.92 Å². The Balaban J connectivity index is 3.02. The molecule has 0 unspecified atom stereocenters. The minimum absolute atomic E-state index is 0.223. The molecule has 0 spiro atoms. The Labute approximate surface area is 82.7 Å². The number of methoxy groups -OCH3 is 1. The fourth-order valence-electron chi connectivity index (χ4n) is 0.948. The highest BCUT2D eigenvalue weighted by atomic mass is 79.9. The predicted molar refractivity (Wildman–Crippen MR) is 52.0 cm³/mol.